The molecule has 0 saturated heterocycles. The second kappa shape index (κ2) is 7.44. The Labute approximate surface area is 152 Å². The fourth-order valence-electron chi connectivity index (χ4n) is 3.01. The van der Waals surface area contributed by atoms with Crippen molar-refractivity contribution in [2.24, 2.45) is 0 Å². The van der Waals surface area contributed by atoms with Crippen LogP contribution in [0.2, 0.25) is 0 Å². The summed E-state index contributed by atoms with van der Waals surface area (Å²) in [6, 6.07) is 12.8. The van der Waals surface area contributed by atoms with E-state index in [-0.39, 0.29) is 18.2 Å². The lowest BCUT2D eigenvalue weighted by Crippen LogP contribution is -2.42. The van der Waals surface area contributed by atoms with E-state index in [2.05, 4.69) is 37.7 Å². The van der Waals surface area contributed by atoms with Crippen molar-refractivity contribution in [1.29, 1.82) is 0 Å². The number of carbonyl (C=O) groups is 2. The SMILES string of the molecule is Cc1cc2occ(CC(=O)NNC(=O)c3ccccc3)c2cc1C(C)C. The number of aryl methyl sites for hydroxylation is 1. The Balaban J connectivity index is 1.69. The van der Waals surface area contributed by atoms with E-state index in [1.165, 1.54) is 11.1 Å². The highest BCUT2D eigenvalue weighted by Gasteiger charge is 2.14. The molecule has 0 aliphatic carbocycles. The number of hydrogen-bond acceptors (Lipinski definition) is 3. The highest BCUT2D eigenvalue weighted by atomic mass is 16.3. The van der Waals surface area contributed by atoms with Crippen molar-refractivity contribution in [3.8, 4) is 0 Å². The van der Waals surface area contributed by atoms with E-state index >= 15 is 0 Å². The van der Waals surface area contributed by atoms with Gasteiger partial charge in [-0.05, 0) is 48.2 Å². The Kier molecular flexibility index (Phi) is 5.07. The van der Waals surface area contributed by atoms with Gasteiger partial charge in [0.15, 0.2) is 0 Å². The fourth-order valence-corrected chi connectivity index (χ4v) is 3.01. The molecule has 0 fully saturated rings. The molecule has 0 radical (unpaired) electrons. The second-order valence-corrected chi connectivity index (χ2v) is 6.67. The zero-order valence-corrected chi connectivity index (χ0v) is 15.1. The zero-order chi connectivity index (χ0) is 18.7. The summed E-state index contributed by atoms with van der Waals surface area (Å²) in [5.41, 5.74) is 9.34. The van der Waals surface area contributed by atoms with E-state index in [1.54, 1.807) is 30.5 Å². The predicted molar refractivity (Wildman–Crippen MR) is 101 cm³/mol. The van der Waals surface area contributed by atoms with E-state index in [4.69, 9.17) is 4.42 Å². The van der Waals surface area contributed by atoms with E-state index in [9.17, 15) is 9.59 Å². The van der Waals surface area contributed by atoms with E-state index in [1.807, 2.05) is 12.1 Å². The summed E-state index contributed by atoms with van der Waals surface area (Å²) < 4.78 is 5.59. The van der Waals surface area contributed by atoms with E-state index in [0.717, 1.165) is 16.5 Å². The lowest BCUT2D eigenvalue weighted by Gasteiger charge is -2.10. The molecule has 0 unspecified atom stereocenters. The number of nitrogens with one attached hydrogen (secondary N) is 2. The van der Waals surface area contributed by atoms with Gasteiger partial charge in [-0.3, -0.25) is 20.4 Å². The number of carbonyl (C=O) groups excluding carboxylic acids is 2. The molecule has 134 valence electrons. The summed E-state index contributed by atoms with van der Waals surface area (Å²) in [7, 11) is 0. The molecule has 0 spiro atoms. The van der Waals surface area contributed by atoms with Gasteiger partial charge in [0.1, 0.15) is 5.58 Å². The number of benzene rings is 2. The van der Waals surface area contributed by atoms with Crippen molar-refractivity contribution in [2.75, 3.05) is 0 Å². The largest absolute Gasteiger partial charge is 0.464 e. The molecular weight excluding hydrogens is 328 g/mol. The Bertz CT molecular complexity index is 943. The van der Waals surface area contributed by atoms with Crippen molar-refractivity contribution >= 4 is 22.8 Å². The maximum atomic E-state index is 12.2. The number of hydrogen-bond donors (Lipinski definition) is 2. The van der Waals surface area contributed by atoms with E-state index in [0.29, 0.717) is 11.5 Å². The predicted octanol–water partition coefficient (Wildman–Crippen LogP) is 3.87. The quantitative estimate of drug-likeness (QED) is 0.702. The van der Waals surface area contributed by atoms with Gasteiger partial charge in [-0.15, -0.1) is 0 Å². The van der Waals surface area contributed by atoms with Crippen molar-refractivity contribution in [3.63, 3.8) is 0 Å². The van der Waals surface area contributed by atoms with Crippen LogP contribution < -0.4 is 10.9 Å². The lowest BCUT2D eigenvalue weighted by molar-refractivity contribution is -0.121. The van der Waals surface area contributed by atoms with Crippen molar-refractivity contribution in [3.05, 3.63) is 71.0 Å². The van der Waals surface area contributed by atoms with Crippen LogP contribution in [0.15, 0.2) is 53.1 Å². The molecule has 5 nitrogen and oxygen atoms in total. The van der Waals surface area contributed by atoms with Crippen LogP contribution in [0, 0.1) is 6.92 Å². The second-order valence-electron chi connectivity index (χ2n) is 6.67. The first kappa shape index (κ1) is 17.7. The van der Waals surface area contributed by atoms with Gasteiger partial charge in [0.05, 0.1) is 12.7 Å². The van der Waals surface area contributed by atoms with Gasteiger partial charge >= 0.3 is 0 Å². The molecule has 0 aliphatic heterocycles. The molecule has 5 heteroatoms. The molecule has 0 atom stereocenters. The molecule has 3 rings (SSSR count). The minimum Gasteiger partial charge on any atom is -0.464 e. The van der Waals surface area contributed by atoms with Crippen LogP contribution in [0.3, 0.4) is 0 Å². The third kappa shape index (κ3) is 3.77. The van der Waals surface area contributed by atoms with Crippen LogP contribution in [0.5, 0.6) is 0 Å². The molecule has 3 aromatic rings. The molecule has 2 aromatic carbocycles. The Morgan fingerprint density at radius 3 is 2.50 bits per heavy atom. The van der Waals surface area contributed by atoms with Crippen molar-refractivity contribution in [2.45, 2.75) is 33.1 Å². The number of fused-ring (bicyclic) bond motifs is 1. The number of furan rings is 1. The average molecular weight is 350 g/mol. The van der Waals surface area contributed by atoms with Crippen LogP contribution in [0.4, 0.5) is 0 Å². The highest BCUT2D eigenvalue weighted by Crippen LogP contribution is 2.29. The normalized spacial score (nSPS) is 10.9. The van der Waals surface area contributed by atoms with Gasteiger partial charge in [0, 0.05) is 16.5 Å². The molecule has 0 aliphatic rings. The molecular formula is C21H22N2O3. The molecule has 1 heterocycles. The van der Waals surface area contributed by atoms with Crippen LogP contribution >= 0.6 is 0 Å². The minimum absolute atomic E-state index is 0.128. The Morgan fingerprint density at radius 1 is 1.08 bits per heavy atom. The van der Waals surface area contributed by atoms with Crippen LogP contribution in [-0.4, -0.2) is 11.8 Å². The van der Waals surface area contributed by atoms with E-state index < -0.39 is 0 Å². The number of rotatable bonds is 4. The minimum atomic E-state index is -0.353. The third-order valence-electron chi connectivity index (χ3n) is 4.37. The maximum Gasteiger partial charge on any atom is 0.269 e. The van der Waals surface area contributed by atoms with Gasteiger partial charge < -0.3 is 4.42 Å². The third-order valence-corrected chi connectivity index (χ3v) is 4.37. The molecule has 1 aromatic heterocycles. The zero-order valence-electron chi connectivity index (χ0n) is 15.1. The van der Waals surface area contributed by atoms with Crippen molar-refractivity contribution in [1.82, 2.24) is 10.9 Å². The number of hydrazine groups is 1. The molecule has 2 amide bonds. The first-order valence-electron chi connectivity index (χ1n) is 8.60. The van der Waals surface area contributed by atoms with Gasteiger partial charge in [-0.25, -0.2) is 0 Å². The monoisotopic (exact) mass is 350 g/mol. The summed E-state index contributed by atoms with van der Waals surface area (Å²) in [4.78, 5) is 24.2. The Morgan fingerprint density at radius 2 is 1.81 bits per heavy atom. The molecule has 0 bridgehead atoms. The summed E-state index contributed by atoms with van der Waals surface area (Å²) in [6.45, 7) is 6.34. The van der Waals surface area contributed by atoms with Gasteiger partial charge in [0.25, 0.3) is 5.91 Å². The lowest BCUT2D eigenvalue weighted by atomic mass is 9.95. The molecule has 26 heavy (non-hydrogen) atoms. The van der Waals surface area contributed by atoms with Gasteiger partial charge in [-0.2, -0.15) is 0 Å². The summed E-state index contributed by atoms with van der Waals surface area (Å²) in [5, 5.41) is 0.934. The van der Waals surface area contributed by atoms with Crippen LogP contribution in [-0.2, 0) is 11.2 Å². The summed E-state index contributed by atoms with van der Waals surface area (Å²) >= 11 is 0. The van der Waals surface area contributed by atoms with Crippen molar-refractivity contribution < 1.29 is 14.0 Å². The average Bonchev–Trinajstić information content (AvgIpc) is 3.01. The topological polar surface area (TPSA) is 71.3 Å². The highest BCUT2D eigenvalue weighted by molar-refractivity contribution is 5.96. The van der Waals surface area contributed by atoms with Gasteiger partial charge in [0.2, 0.25) is 5.91 Å². The van der Waals surface area contributed by atoms with Crippen LogP contribution in [0.1, 0.15) is 46.8 Å². The summed E-state index contributed by atoms with van der Waals surface area (Å²) in [5.74, 6) is -0.265. The van der Waals surface area contributed by atoms with Crippen LogP contribution in [0.25, 0.3) is 11.0 Å². The smallest absolute Gasteiger partial charge is 0.269 e. The van der Waals surface area contributed by atoms with Gasteiger partial charge in [-0.1, -0.05) is 32.0 Å². The maximum absolute atomic E-state index is 12.2. The first-order chi connectivity index (χ1) is 12.5. The fraction of sp³-hybridized carbons (Fsp3) is 0.238. The molecule has 2 N–H and O–H groups in total. The Hall–Kier alpha value is -3.08. The first-order valence-corrected chi connectivity index (χ1v) is 8.60. The summed E-state index contributed by atoms with van der Waals surface area (Å²) in [6.07, 6.45) is 1.73. The molecule has 0 saturated carbocycles. The standard InChI is InChI=1S/C21H22N2O3/c1-13(2)17-11-18-16(12-26-19(18)9-14(17)3)10-20(24)22-23-21(25)15-7-5-4-6-8-15/h4-9,11-13H,10H2,1-3H3,(H,22,24)(H,23,25). The number of amides is 2.